The summed E-state index contributed by atoms with van der Waals surface area (Å²) in [6, 6.07) is 30.0. The van der Waals surface area contributed by atoms with Crippen molar-refractivity contribution in [2.75, 3.05) is 0 Å². The summed E-state index contributed by atoms with van der Waals surface area (Å²) in [4.78, 5) is 0. The normalized spacial score (nSPS) is 18.3. The molecule has 4 saturated carbocycles. The maximum atomic E-state index is 4.21. The first-order chi connectivity index (χ1) is 22.6. The third-order valence-corrected chi connectivity index (χ3v) is 23.0. The van der Waals surface area contributed by atoms with Crippen molar-refractivity contribution in [1.82, 2.24) is 0 Å². The van der Waals surface area contributed by atoms with Crippen LogP contribution >= 0.6 is 0 Å². The standard InChI is InChI=1S/C44H42Si2/c1-3-19-45(40-9-10-40,41-11-12-41)21-17-31-23-34(18-22-46(20-4-2,42-13-14-42)43-15-16-43)44-30-38-28-36-26-33-8-6-5-7-32(33)25-35(36)27-37(38)29-39(44)24-31/h3-8,23-30,40-43H,1-2,9-16,19-20H2. The Hall–Kier alpha value is -3.83. The van der Waals surface area contributed by atoms with Gasteiger partial charge in [0.2, 0.25) is 0 Å². The minimum absolute atomic E-state index is 0.865. The highest BCUT2D eigenvalue weighted by molar-refractivity contribution is 6.92. The fraction of sp³-hybridized carbons (Fsp3) is 0.318. The van der Waals surface area contributed by atoms with Gasteiger partial charge in [0.1, 0.15) is 16.1 Å². The molecule has 0 spiro atoms. The average Bonchev–Trinajstić information content (AvgIpc) is 3.90. The third kappa shape index (κ3) is 4.99. The van der Waals surface area contributed by atoms with Crippen LogP contribution in [0.4, 0.5) is 0 Å². The molecule has 0 nitrogen and oxygen atoms in total. The molecule has 0 unspecified atom stereocenters. The van der Waals surface area contributed by atoms with Crippen molar-refractivity contribution in [2.45, 2.75) is 85.6 Å². The molecule has 4 aliphatic rings. The Bertz CT molecular complexity index is 2180. The van der Waals surface area contributed by atoms with E-state index < -0.39 is 16.1 Å². The summed E-state index contributed by atoms with van der Waals surface area (Å²) >= 11 is 0. The van der Waals surface area contributed by atoms with Crippen molar-refractivity contribution < 1.29 is 0 Å². The number of benzene rings is 5. The smallest absolute Gasteiger partial charge is 0.125 e. The summed E-state index contributed by atoms with van der Waals surface area (Å²) in [5.41, 5.74) is 14.0. The number of fused-ring (bicyclic) bond motifs is 4. The molecule has 0 aliphatic heterocycles. The molecule has 0 bridgehead atoms. The first-order valence-corrected chi connectivity index (χ1v) is 22.4. The molecule has 0 N–H and O–H groups in total. The molecule has 0 radical (unpaired) electrons. The van der Waals surface area contributed by atoms with Gasteiger partial charge in [0, 0.05) is 11.1 Å². The van der Waals surface area contributed by atoms with Crippen LogP contribution in [0.2, 0.25) is 34.3 Å². The first-order valence-electron chi connectivity index (χ1n) is 17.7. The van der Waals surface area contributed by atoms with Gasteiger partial charge in [-0.1, -0.05) is 99.6 Å². The summed E-state index contributed by atoms with van der Waals surface area (Å²) < 4.78 is 0. The Kier molecular flexibility index (Phi) is 6.71. The molecule has 5 aromatic carbocycles. The van der Waals surface area contributed by atoms with E-state index in [1.165, 1.54) is 100 Å². The quantitative estimate of drug-likeness (QED) is 0.0696. The van der Waals surface area contributed by atoms with Gasteiger partial charge in [-0.3, -0.25) is 0 Å². The predicted molar refractivity (Wildman–Crippen MR) is 204 cm³/mol. The highest BCUT2D eigenvalue weighted by Crippen LogP contribution is 2.60. The van der Waals surface area contributed by atoms with Gasteiger partial charge < -0.3 is 0 Å². The molecule has 4 aliphatic carbocycles. The second-order valence-electron chi connectivity index (χ2n) is 15.0. The number of rotatable bonds is 8. The van der Waals surface area contributed by atoms with E-state index in [-0.39, 0.29) is 0 Å². The van der Waals surface area contributed by atoms with Crippen molar-refractivity contribution in [3.05, 3.63) is 109 Å². The monoisotopic (exact) mass is 626 g/mol. The Labute approximate surface area is 276 Å². The first kappa shape index (κ1) is 28.4. The number of hydrogen-bond donors (Lipinski definition) is 0. The summed E-state index contributed by atoms with van der Waals surface area (Å²) in [7, 11) is -3.41. The SMILES string of the molecule is C=CC[Si](C#Cc1cc(C#C[Si](CC=C)(C2CC2)C2CC2)c2cc3cc4cc5ccccc5cc4cc3cc2c1)(C1CC1)C1CC1. The summed E-state index contributed by atoms with van der Waals surface area (Å²) in [6.45, 7) is 8.40. The van der Waals surface area contributed by atoms with E-state index >= 15 is 0 Å². The van der Waals surface area contributed by atoms with Crippen molar-refractivity contribution in [3.63, 3.8) is 0 Å². The van der Waals surface area contributed by atoms with Crippen molar-refractivity contribution in [3.8, 4) is 22.9 Å². The lowest BCUT2D eigenvalue weighted by molar-refractivity contribution is 1.20. The van der Waals surface area contributed by atoms with Gasteiger partial charge in [-0.25, -0.2) is 0 Å². The predicted octanol–water partition coefficient (Wildman–Crippen LogP) is 12.0. The van der Waals surface area contributed by atoms with Crippen LogP contribution in [-0.2, 0) is 0 Å². The molecule has 0 saturated heterocycles. The van der Waals surface area contributed by atoms with E-state index in [4.69, 9.17) is 0 Å². The summed E-state index contributed by atoms with van der Waals surface area (Å²) in [5.74, 6) is 7.73. The Morgan fingerprint density at radius 3 is 1.43 bits per heavy atom. The minimum Gasteiger partial charge on any atom is -0.125 e. The molecule has 5 aromatic rings. The van der Waals surface area contributed by atoms with Gasteiger partial charge in [-0.2, -0.15) is 0 Å². The molecular weight excluding hydrogens is 585 g/mol. The average molecular weight is 627 g/mol. The van der Waals surface area contributed by atoms with E-state index in [2.05, 4.69) is 121 Å². The Morgan fingerprint density at radius 1 is 0.522 bits per heavy atom. The lowest BCUT2D eigenvalue weighted by Gasteiger charge is -2.24. The fourth-order valence-corrected chi connectivity index (χ4v) is 19.0. The van der Waals surface area contributed by atoms with Gasteiger partial charge in [0.05, 0.1) is 0 Å². The molecule has 4 fully saturated rings. The molecule has 0 atom stereocenters. The van der Waals surface area contributed by atoms with Crippen LogP contribution in [0.25, 0.3) is 43.1 Å². The minimum atomic E-state index is -1.72. The summed E-state index contributed by atoms with van der Waals surface area (Å²) in [5, 5.41) is 10.3. The molecule has 0 heterocycles. The van der Waals surface area contributed by atoms with Crippen LogP contribution in [0.15, 0.2) is 98.1 Å². The van der Waals surface area contributed by atoms with Crippen LogP contribution < -0.4 is 0 Å². The second-order valence-corrected chi connectivity index (χ2v) is 23.8. The molecule has 2 heteroatoms. The molecule has 0 aromatic heterocycles. The van der Waals surface area contributed by atoms with Crippen LogP contribution in [0.1, 0.15) is 62.5 Å². The fourth-order valence-electron chi connectivity index (χ4n) is 8.82. The van der Waals surface area contributed by atoms with Crippen molar-refractivity contribution in [2.24, 2.45) is 0 Å². The Balaban J connectivity index is 1.23. The molecule has 46 heavy (non-hydrogen) atoms. The van der Waals surface area contributed by atoms with E-state index in [1.807, 2.05) is 0 Å². The van der Waals surface area contributed by atoms with Crippen LogP contribution in [-0.4, -0.2) is 16.1 Å². The molecular formula is C44H42Si2. The maximum Gasteiger partial charge on any atom is 0.148 e. The van der Waals surface area contributed by atoms with Crippen LogP contribution in [0.5, 0.6) is 0 Å². The van der Waals surface area contributed by atoms with Crippen LogP contribution in [0.3, 0.4) is 0 Å². The van der Waals surface area contributed by atoms with Gasteiger partial charge in [-0.15, -0.1) is 24.2 Å². The third-order valence-electron chi connectivity index (χ3n) is 11.8. The zero-order valence-electron chi connectivity index (χ0n) is 26.9. The summed E-state index contributed by atoms with van der Waals surface area (Å²) in [6.07, 6.45) is 15.4. The lowest BCUT2D eigenvalue weighted by atomic mass is 9.95. The van der Waals surface area contributed by atoms with E-state index in [0.717, 1.165) is 39.8 Å². The molecule has 9 rings (SSSR count). The van der Waals surface area contributed by atoms with Gasteiger partial charge in [0.25, 0.3) is 0 Å². The van der Waals surface area contributed by atoms with Gasteiger partial charge in [-0.05, 0) is 126 Å². The van der Waals surface area contributed by atoms with E-state index in [1.54, 1.807) is 0 Å². The highest BCUT2D eigenvalue weighted by Gasteiger charge is 2.55. The topological polar surface area (TPSA) is 0 Å². The Morgan fingerprint density at radius 2 is 0.957 bits per heavy atom. The molecule has 0 amide bonds. The zero-order chi connectivity index (χ0) is 30.9. The number of allylic oxidation sites excluding steroid dienone is 2. The van der Waals surface area contributed by atoms with Crippen molar-refractivity contribution >= 4 is 59.2 Å². The van der Waals surface area contributed by atoms with Gasteiger partial charge in [0.15, 0.2) is 0 Å². The highest BCUT2D eigenvalue weighted by atomic mass is 28.3. The van der Waals surface area contributed by atoms with Gasteiger partial charge >= 0.3 is 0 Å². The van der Waals surface area contributed by atoms with E-state index in [9.17, 15) is 0 Å². The van der Waals surface area contributed by atoms with Crippen LogP contribution in [0, 0.1) is 22.9 Å². The largest absolute Gasteiger partial charge is 0.148 e. The lowest BCUT2D eigenvalue weighted by Crippen LogP contribution is -2.33. The maximum absolute atomic E-state index is 4.21. The second kappa shape index (κ2) is 10.9. The number of hydrogen-bond acceptors (Lipinski definition) is 0. The van der Waals surface area contributed by atoms with E-state index in [0.29, 0.717) is 0 Å². The zero-order valence-corrected chi connectivity index (χ0v) is 28.9. The molecule has 226 valence electrons. The van der Waals surface area contributed by atoms with Crippen molar-refractivity contribution in [1.29, 1.82) is 0 Å².